The molecule has 1 fully saturated rings. The van der Waals surface area contributed by atoms with E-state index in [1.54, 1.807) is 12.1 Å². The Morgan fingerprint density at radius 1 is 1.22 bits per heavy atom. The first-order valence-corrected chi connectivity index (χ1v) is 7.31. The van der Waals surface area contributed by atoms with Crippen molar-refractivity contribution in [2.75, 3.05) is 6.54 Å². The number of aryl methyl sites for hydroxylation is 1. The van der Waals surface area contributed by atoms with Gasteiger partial charge in [0.05, 0.1) is 0 Å². The molecule has 0 heterocycles. The average molecular weight is 247 g/mol. The van der Waals surface area contributed by atoms with Gasteiger partial charge < -0.3 is 10.4 Å². The van der Waals surface area contributed by atoms with E-state index in [-0.39, 0.29) is 0 Å². The zero-order valence-electron chi connectivity index (χ0n) is 11.4. The molecule has 1 unspecified atom stereocenters. The Kier molecular flexibility index (Phi) is 5.06. The molecule has 0 aromatic heterocycles. The lowest BCUT2D eigenvalue weighted by Crippen LogP contribution is -2.35. The Labute approximate surface area is 110 Å². The van der Waals surface area contributed by atoms with E-state index >= 15 is 0 Å². The predicted octanol–water partition coefficient (Wildman–Crippen LogP) is 3.49. The monoisotopic (exact) mass is 247 g/mol. The molecule has 2 rings (SSSR count). The summed E-state index contributed by atoms with van der Waals surface area (Å²) in [6.07, 6.45) is 7.93. The summed E-state index contributed by atoms with van der Waals surface area (Å²) in [6, 6.07) is 8.31. The van der Waals surface area contributed by atoms with E-state index in [9.17, 15) is 5.11 Å². The SMILES string of the molecule is CCNC(CCc1ccc(O)cc1)C1CCCC1. The van der Waals surface area contributed by atoms with Gasteiger partial charge in [-0.1, -0.05) is 31.9 Å². The Morgan fingerprint density at radius 2 is 1.89 bits per heavy atom. The molecule has 1 atom stereocenters. The Bertz CT molecular complexity index is 341. The van der Waals surface area contributed by atoms with Crippen molar-refractivity contribution < 1.29 is 5.11 Å². The highest BCUT2D eigenvalue weighted by Crippen LogP contribution is 2.29. The van der Waals surface area contributed by atoms with E-state index < -0.39 is 0 Å². The van der Waals surface area contributed by atoms with Gasteiger partial charge in [-0.05, 0) is 55.8 Å². The summed E-state index contributed by atoms with van der Waals surface area (Å²) in [4.78, 5) is 0. The molecule has 0 spiro atoms. The summed E-state index contributed by atoms with van der Waals surface area (Å²) in [7, 11) is 0. The quantitative estimate of drug-likeness (QED) is 0.806. The Morgan fingerprint density at radius 3 is 2.50 bits per heavy atom. The van der Waals surface area contributed by atoms with Crippen LogP contribution in [0.15, 0.2) is 24.3 Å². The zero-order valence-corrected chi connectivity index (χ0v) is 11.4. The van der Waals surface area contributed by atoms with Gasteiger partial charge in [0.2, 0.25) is 0 Å². The number of phenols is 1. The second-order valence-electron chi connectivity index (χ2n) is 5.41. The van der Waals surface area contributed by atoms with Gasteiger partial charge in [-0.25, -0.2) is 0 Å². The summed E-state index contributed by atoms with van der Waals surface area (Å²) in [6.45, 7) is 3.26. The number of aromatic hydroxyl groups is 1. The molecule has 100 valence electrons. The van der Waals surface area contributed by atoms with Crippen LogP contribution in [0.2, 0.25) is 0 Å². The van der Waals surface area contributed by atoms with Crippen LogP contribution in [0.1, 0.15) is 44.6 Å². The minimum Gasteiger partial charge on any atom is -0.508 e. The smallest absolute Gasteiger partial charge is 0.115 e. The molecule has 2 heteroatoms. The maximum Gasteiger partial charge on any atom is 0.115 e. The third kappa shape index (κ3) is 3.74. The summed E-state index contributed by atoms with van der Waals surface area (Å²) in [5.74, 6) is 1.24. The van der Waals surface area contributed by atoms with Gasteiger partial charge in [0.1, 0.15) is 5.75 Å². The van der Waals surface area contributed by atoms with Gasteiger partial charge in [-0.15, -0.1) is 0 Å². The molecule has 0 aliphatic heterocycles. The molecule has 1 aliphatic rings. The standard InChI is InChI=1S/C16H25NO/c1-2-17-16(14-5-3-4-6-14)12-9-13-7-10-15(18)11-8-13/h7-8,10-11,14,16-18H,2-6,9,12H2,1H3. The first kappa shape index (κ1) is 13.4. The molecular weight excluding hydrogens is 222 g/mol. The summed E-state index contributed by atoms with van der Waals surface area (Å²) in [5.41, 5.74) is 1.33. The van der Waals surface area contributed by atoms with Crippen LogP contribution in [0.4, 0.5) is 0 Å². The van der Waals surface area contributed by atoms with Crippen molar-refractivity contribution in [1.29, 1.82) is 0 Å². The summed E-state index contributed by atoms with van der Waals surface area (Å²) in [5, 5.41) is 12.9. The lowest BCUT2D eigenvalue weighted by molar-refractivity contribution is 0.346. The number of benzene rings is 1. The topological polar surface area (TPSA) is 32.3 Å². The third-order valence-corrected chi connectivity index (χ3v) is 4.12. The van der Waals surface area contributed by atoms with E-state index in [2.05, 4.69) is 12.2 Å². The number of rotatable bonds is 6. The molecule has 1 aromatic carbocycles. The van der Waals surface area contributed by atoms with E-state index in [1.807, 2.05) is 12.1 Å². The third-order valence-electron chi connectivity index (χ3n) is 4.12. The van der Waals surface area contributed by atoms with Crippen LogP contribution in [-0.4, -0.2) is 17.7 Å². The fourth-order valence-electron chi connectivity index (χ4n) is 3.11. The zero-order chi connectivity index (χ0) is 12.8. The molecule has 2 nitrogen and oxygen atoms in total. The van der Waals surface area contributed by atoms with Gasteiger partial charge >= 0.3 is 0 Å². The van der Waals surface area contributed by atoms with Crippen LogP contribution in [0, 0.1) is 5.92 Å². The maximum atomic E-state index is 9.28. The molecule has 0 bridgehead atoms. The van der Waals surface area contributed by atoms with E-state index in [4.69, 9.17) is 0 Å². The van der Waals surface area contributed by atoms with E-state index in [0.717, 1.165) is 18.9 Å². The van der Waals surface area contributed by atoms with Gasteiger partial charge in [-0.3, -0.25) is 0 Å². The fourth-order valence-corrected chi connectivity index (χ4v) is 3.11. The van der Waals surface area contributed by atoms with Crippen LogP contribution in [0.3, 0.4) is 0 Å². The maximum absolute atomic E-state index is 9.28. The molecule has 1 aliphatic carbocycles. The minimum atomic E-state index is 0.359. The summed E-state index contributed by atoms with van der Waals surface area (Å²) < 4.78 is 0. The second-order valence-corrected chi connectivity index (χ2v) is 5.41. The molecule has 0 saturated heterocycles. The number of phenolic OH excluding ortho intramolecular Hbond substituents is 1. The van der Waals surface area contributed by atoms with Gasteiger partial charge in [0.15, 0.2) is 0 Å². The second kappa shape index (κ2) is 6.79. The van der Waals surface area contributed by atoms with Crippen molar-refractivity contribution in [3.8, 4) is 5.75 Å². The first-order valence-electron chi connectivity index (χ1n) is 7.31. The van der Waals surface area contributed by atoms with E-state index in [0.29, 0.717) is 11.8 Å². The van der Waals surface area contributed by atoms with Crippen molar-refractivity contribution in [1.82, 2.24) is 5.32 Å². The minimum absolute atomic E-state index is 0.359. The fraction of sp³-hybridized carbons (Fsp3) is 0.625. The van der Waals surface area contributed by atoms with Crippen LogP contribution in [0.5, 0.6) is 5.75 Å². The summed E-state index contributed by atoms with van der Waals surface area (Å²) >= 11 is 0. The van der Waals surface area contributed by atoms with E-state index in [1.165, 1.54) is 37.7 Å². The lowest BCUT2D eigenvalue weighted by Gasteiger charge is -2.24. The highest BCUT2D eigenvalue weighted by atomic mass is 16.3. The predicted molar refractivity (Wildman–Crippen MR) is 75.9 cm³/mol. The normalized spacial score (nSPS) is 18.1. The van der Waals surface area contributed by atoms with Gasteiger partial charge in [-0.2, -0.15) is 0 Å². The highest BCUT2D eigenvalue weighted by Gasteiger charge is 2.23. The average Bonchev–Trinajstić information content (AvgIpc) is 2.90. The van der Waals surface area contributed by atoms with Crippen molar-refractivity contribution in [3.05, 3.63) is 29.8 Å². The number of hydrogen-bond acceptors (Lipinski definition) is 2. The molecular formula is C16H25NO. The van der Waals surface area contributed by atoms with Crippen LogP contribution in [-0.2, 0) is 6.42 Å². The molecule has 1 aromatic rings. The highest BCUT2D eigenvalue weighted by molar-refractivity contribution is 5.25. The lowest BCUT2D eigenvalue weighted by atomic mass is 9.92. The van der Waals surface area contributed by atoms with Crippen molar-refractivity contribution >= 4 is 0 Å². The van der Waals surface area contributed by atoms with Crippen LogP contribution in [0.25, 0.3) is 0 Å². The van der Waals surface area contributed by atoms with Gasteiger partial charge in [0.25, 0.3) is 0 Å². The Balaban J connectivity index is 1.86. The molecule has 0 amide bonds. The molecule has 1 saturated carbocycles. The Hall–Kier alpha value is -1.02. The van der Waals surface area contributed by atoms with Crippen molar-refractivity contribution in [3.63, 3.8) is 0 Å². The number of nitrogens with one attached hydrogen (secondary N) is 1. The molecule has 18 heavy (non-hydrogen) atoms. The largest absolute Gasteiger partial charge is 0.508 e. The van der Waals surface area contributed by atoms with Crippen LogP contribution < -0.4 is 5.32 Å². The number of hydrogen-bond donors (Lipinski definition) is 2. The van der Waals surface area contributed by atoms with Crippen molar-refractivity contribution in [2.24, 2.45) is 5.92 Å². The van der Waals surface area contributed by atoms with Gasteiger partial charge in [0, 0.05) is 6.04 Å². The molecule has 0 radical (unpaired) electrons. The first-order chi connectivity index (χ1) is 8.79. The van der Waals surface area contributed by atoms with Crippen molar-refractivity contribution in [2.45, 2.75) is 51.5 Å². The van der Waals surface area contributed by atoms with Crippen LogP contribution >= 0.6 is 0 Å². The molecule has 2 N–H and O–H groups in total.